The van der Waals surface area contributed by atoms with Gasteiger partial charge >= 0.3 is 6.18 Å². The van der Waals surface area contributed by atoms with Crippen molar-refractivity contribution in [3.63, 3.8) is 0 Å². The second kappa shape index (κ2) is 10.1. The van der Waals surface area contributed by atoms with E-state index in [1.54, 1.807) is 17.0 Å². The van der Waals surface area contributed by atoms with Crippen molar-refractivity contribution in [1.82, 2.24) is 4.90 Å². The first-order valence-corrected chi connectivity index (χ1v) is 12.3. The summed E-state index contributed by atoms with van der Waals surface area (Å²) in [7, 11) is 0. The number of amides is 1. The molecule has 4 nitrogen and oxygen atoms in total. The smallest absolute Gasteiger partial charge is 0.293 e. The molecule has 1 saturated heterocycles. The van der Waals surface area contributed by atoms with Crippen molar-refractivity contribution in [3.8, 4) is 0 Å². The lowest BCUT2D eigenvalue weighted by Crippen LogP contribution is -2.44. The molecular weight excluding hydrogens is 487 g/mol. The number of likely N-dealkylation sites (tertiary alicyclic amines) is 1. The van der Waals surface area contributed by atoms with Crippen LogP contribution in [0, 0.1) is 5.92 Å². The van der Waals surface area contributed by atoms with Crippen LogP contribution in [-0.2, 0) is 17.4 Å². The fourth-order valence-electron chi connectivity index (χ4n) is 4.88. The van der Waals surface area contributed by atoms with Gasteiger partial charge in [-0.2, -0.15) is 13.2 Å². The Labute approximate surface area is 213 Å². The van der Waals surface area contributed by atoms with Crippen molar-refractivity contribution in [3.05, 3.63) is 94.5 Å². The molecule has 0 spiro atoms. The maximum atomic E-state index is 13.4. The summed E-state index contributed by atoms with van der Waals surface area (Å²) in [5.74, 6) is 0.265. The van der Waals surface area contributed by atoms with Crippen molar-refractivity contribution in [2.45, 2.75) is 25.4 Å². The average molecular weight is 512 g/mol. The molecule has 1 amide bonds. The third kappa shape index (κ3) is 5.18. The van der Waals surface area contributed by atoms with Crippen LogP contribution in [0.4, 0.5) is 24.5 Å². The van der Waals surface area contributed by atoms with Crippen LogP contribution in [0.1, 0.15) is 29.5 Å². The number of piperidine rings is 1. The van der Waals surface area contributed by atoms with Gasteiger partial charge in [0.05, 0.1) is 28.6 Å². The normalized spacial score (nSPS) is 18.2. The molecule has 3 aromatic rings. The van der Waals surface area contributed by atoms with Gasteiger partial charge < -0.3 is 0 Å². The summed E-state index contributed by atoms with van der Waals surface area (Å²) < 4.78 is 39.7. The first kappa shape index (κ1) is 24.5. The van der Waals surface area contributed by atoms with Crippen molar-refractivity contribution in [2.24, 2.45) is 10.9 Å². The Balaban J connectivity index is 1.33. The molecule has 0 radical (unpaired) electrons. The van der Waals surface area contributed by atoms with Crippen LogP contribution in [0.25, 0.3) is 0 Å². The van der Waals surface area contributed by atoms with E-state index in [1.165, 1.54) is 5.56 Å². The minimum Gasteiger partial charge on any atom is -0.293 e. The molecule has 2 aliphatic heterocycles. The molecule has 186 valence electrons. The number of benzene rings is 3. The largest absolute Gasteiger partial charge is 0.416 e. The Hall–Kier alpha value is -3.16. The molecule has 1 fully saturated rings. The lowest BCUT2D eigenvalue weighted by Gasteiger charge is -2.34. The molecule has 0 aliphatic carbocycles. The highest BCUT2D eigenvalue weighted by molar-refractivity contribution is 6.54. The highest BCUT2D eigenvalue weighted by Crippen LogP contribution is 2.37. The van der Waals surface area contributed by atoms with Crippen LogP contribution in [0.3, 0.4) is 0 Å². The van der Waals surface area contributed by atoms with Gasteiger partial charge in [-0.15, -0.1) is 0 Å². The van der Waals surface area contributed by atoms with E-state index in [9.17, 15) is 18.0 Å². The van der Waals surface area contributed by atoms with Crippen LogP contribution in [0.5, 0.6) is 0 Å². The van der Waals surface area contributed by atoms with E-state index in [2.05, 4.69) is 34.2 Å². The third-order valence-electron chi connectivity index (χ3n) is 6.82. The van der Waals surface area contributed by atoms with E-state index < -0.39 is 11.7 Å². The number of anilines is 1. The number of hydrogen-bond acceptors (Lipinski definition) is 3. The maximum absolute atomic E-state index is 13.4. The topological polar surface area (TPSA) is 35.9 Å². The Morgan fingerprint density at radius 3 is 2.36 bits per heavy atom. The summed E-state index contributed by atoms with van der Waals surface area (Å²) in [6.45, 7) is 2.15. The summed E-state index contributed by atoms with van der Waals surface area (Å²) in [5, 5.41) is 0.0553. The Morgan fingerprint density at radius 2 is 1.64 bits per heavy atom. The van der Waals surface area contributed by atoms with Crippen LogP contribution in [0.15, 0.2) is 77.8 Å². The summed E-state index contributed by atoms with van der Waals surface area (Å²) in [5.41, 5.74) is 1.80. The van der Waals surface area contributed by atoms with E-state index >= 15 is 0 Å². The lowest BCUT2D eigenvalue weighted by atomic mass is 9.90. The number of rotatable bonds is 5. The molecular formula is C28H25ClF3N3O. The zero-order chi connectivity index (χ0) is 25.3. The number of para-hydroxylation sites is 1. The predicted octanol–water partition coefficient (Wildman–Crippen LogP) is 6.74. The number of carbonyl (C=O) groups excluding carboxylic acids is 1. The first-order chi connectivity index (χ1) is 17.3. The summed E-state index contributed by atoms with van der Waals surface area (Å²) in [6, 6.07) is 20.6. The Morgan fingerprint density at radius 1 is 0.944 bits per heavy atom. The molecule has 0 aromatic heterocycles. The van der Waals surface area contributed by atoms with Gasteiger partial charge in [0.15, 0.2) is 0 Å². The van der Waals surface area contributed by atoms with Crippen molar-refractivity contribution in [2.75, 3.05) is 24.7 Å². The van der Waals surface area contributed by atoms with Crippen LogP contribution in [0.2, 0.25) is 5.02 Å². The summed E-state index contributed by atoms with van der Waals surface area (Å²) in [6.07, 6.45) is -1.40. The van der Waals surface area contributed by atoms with Gasteiger partial charge in [0.1, 0.15) is 5.71 Å². The predicted molar refractivity (Wildman–Crippen MR) is 136 cm³/mol. The SMILES string of the molecule is O=C1C(=Nc2cc(C(F)(F)F)ccc2Cl)c2ccccc2N1CN1CCC(Cc2ccccc2)CC1. The van der Waals surface area contributed by atoms with Gasteiger partial charge in [-0.1, -0.05) is 60.1 Å². The second-order valence-corrected chi connectivity index (χ2v) is 9.67. The molecule has 0 unspecified atom stereocenters. The minimum atomic E-state index is -4.53. The molecule has 0 N–H and O–H groups in total. The van der Waals surface area contributed by atoms with E-state index in [0.717, 1.165) is 50.6 Å². The van der Waals surface area contributed by atoms with Crippen molar-refractivity contribution in [1.29, 1.82) is 0 Å². The molecule has 8 heteroatoms. The van der Waals surface area contributed by atoms with Gasteiger partial charge in [0.2, 0.25) is 0 Å². The number of nitrogens with zero attached hydrogens (tertiary/aromatic N) is 3. The number of hydrogen-bond donors (Lipinski definition) is 0. The molecule has 0 saturated carbocycles. The van der Waals surface area contributed by atoms with Crippen LogP contribution < -0.4 is 4.90 Å². The molecule has 0 atom stereocenters. The number of aliphatic imine (C=N–C) groups is 1. The van der Waals surface area contributed by atoms with Crippen LogP contribution in [-0.4, -0.2) is 36.3 Å². The van der Waals surface area contributed by atoms with Crippen molar-refractivity contribution >= 4 is 34.6 Å². The number of halogens is 4. The van der Waals surface area contributed by atoms with Gasteiger partial charge in [0, 0.05) is 18.7 Å². The third-order valence-corrected chi connectivity index (χ3v) is 7.14. The molecule has 2 aliphatic rings. The minimum absolute atomic E-state index is 0.0553. The number of carbonyl (C=O) groups is 1. The van der Waals surface area contributed by atoms with E-state index in [-0.39, 0.29) is 22.3 Å². The fourth-order valence-corrected chi connectivity index (χ4v) is 5.04. The number of fused-ring (bicyclic) bond motifs is 1. The fraction of sp³-hybridized carbons (Fsp3) is 0.286. The van der Waals surface area contributed by atoms with Gasteiger partial charge in [-0.05, 0) is 55.0 Å². The average Bonchev–Trinajstić information content (AvgIpc) is 3.12. The van der Waals surface area contributed by atoms with E-state index in [1.807, 2.05) is 18.2 Å². The highest BCUT2D eigenvalue weighted by atomic mass is 35.5. The van der Waals surface area contributed by atoms with Gasteiger partial charge in [-0.25, -0.2) is 4.99 Å². The highest BCUT2D eigenvalue weighted by Gasteiger charge is 2.36. The van der Waals surface area contributed by atoms with Crippen LogP contribution >= 0.6 is 11.6 Å². The zero-order valence-electron chi connectivity index (χ0n) is 19.5. The Bertz CT molecular complexity index is 1280. The van der Waals surface area contributed by atoms with Gasteiger partial charge in [-0.3, -0.25) is 14.6 Å². The zero-order valence-corrected chi connectivity index (χ0v) is 20.3. The summed E-state index contributed by atoms with van der Waals surface area (Å²) >= 11 is 6.16. The molecule has 3 aromatic carbocycles. The standard InChI is InChI=1S/C28H25ClF3N3O/c29-23-11-10-21(28(30,31)32)17-24(23)33-26-22-8-4-5-9-25(22)35(27(26)36)18-34-14-12-20(13-15-34)16-19-6-2-1-3-7-19/h1-11,17,20H,12-16,18H2. The monoisotopic (exact) mass is 511 g/mol. The first-order valence-electron chi connectivity index (χ1n) is 11.9. The molecule has 0 bridgehead atoms. The van der Waals surface area contributed by atoms with Gasteiger partial charge in [0.25, 0.3) is 5.91 Å². The lowest BCUT2D eigenvalue weighted by molar-refractivity contribution is -0.137. The molecule has 36 heavy (non-hydrogen) atoms. The quantitative estimate of drug-likeness (QED) is 0.380. The summed E-state index contributed by atoms with van der Waals surface area (Å²) in [4.78, 5) is 21.7. The molecule has 5 rings (SSSR count). The maximum Gasteiger partial charge on any atom is 0.416 e. The molecule has 2 heterocycles. The Kier molecular flexibility index (Phi) is 6.86. The number of alkyl halides is 3. The van der Waals surface area contributed by atoms with Crippen molar-refractivity contribution < 1.29 is 18.0 Å². The van der Waals surface area contributed by atoms with E-state index in [0.29, 0.717) is 23.8 Å². The van der Waals surface area contributed by atoms with E-state index in [4.69, 9.17) is 11.6 Å². The second-order valence-electron chi connectivity index (χ2n) is 9.27.